The molecular formula is C20H24. The molecule has 20 heavy (non-hydrogen) atoms. The van der Waals surface area contributed by atoms with Crippen molar-refractivity contribution in [1.29, 1.82) is 0 Å². The van der Waals surface area contributed by atoms with Gasteiger partial charge in [0, 0.05) is 5.92 Å². The standard InChI is InChI=1S/C20H24/c1-14(2)16-9-11-17(12-10-16)19-13-8-15(3)18-6-4-5-7-20(18)19/h4-7,9-12,14-15,19H,8,13H2,1-3H3. The van der Waals surface area contributed by atoms with Gasteiger partial charge in [0.15, 0.2) is 0 Å². The third-order valence-corrected chi connectivity index (χ3v) is 4.80. The summed E-state index contributed by atoms with van der Waals surface area (Å²) in [4.78, 5) is 0. The minimum Gasteiger partial charge on any atom is -0.0620 e. The van der Waals surface area contributed by atoms with Crippen molar-refractivity contribution in [2.75, 3.05) is 0 Å². The van der Waals surface area contributed by atoms with E-state index in [0.29, 0.717) is 17.8 Å². The summed E-state index contributed by atoms with van der Waals surface area (Å²) >= 11 is 0. The highest BCUT2D eigenvalue weighted by atomic mass is 14.3. The Morgan fingerprint density at radius 3 is 2.15 bits per heavy atom. The second-order valence-corrected chi connectivity index (χ2v) is 6.48. The summed E-state index contributed by atoms with van der Waals surface area (Å²) < 4.78 is 0. The van der Waals surface area contributed by atoms with Crippen LogP contribution in [0.3, 0.4) is 0 Å². The predicted molar refractivity (Wildman–Crippen MR) is 86.5 cm³/mol. The Morgan fingerprint density at radius 2 is 1.50 bits per heavy atom. The van der Waals surface area contributed by atoms with Crippen molar-refractivity contribution in [3.05, 3.63) is 70.8 Å². The third-order valence-electron chi connectivity index (χ3n) is 4.80. The lowest BCUT2D eigenvalue weighted by atomic mass is 9.74. The lowest BCUT2D eigenvalue weighted by Gasteiger charge is -2.30. The number of fused-ring (bicyclic) bond motifs is 1. The summed E-state index contributed by atoms with van der Waals surface area (Å²) in [5.74, 6) is 1.91. The Kier molecular flexibility index (Phi) is 3.65. The van der Waals surface area contributed by atoms with Gasteiger partial charge < -0.3 is 0 Å². The van der Waals surface area contributed by atoms with Gasteiger partial charge in [-0.2, -0.15) is 0 Å². The molecule has 0 fully saturated rings. The maximum Gasteiger partial charge on any atom is 0.00923 e. The smallest absolute Gasteiger partial charge is 0.00923 e. The Labute approximate surface area is 122 Å². The molecule has 1 aliphatic rings. The van der Waals surface area contributed by atoms with E-state index in [1.807, 2.05) is 0 Å². The molecule has 0 aromatic heterocycles. The van der Waals surface area contributed by atoms with Crippen LogP contribution in [0.4, 0.5) is 0 Å². The second-order valence-electron chi connectivity index (χ2n) is 6.48. The molecule has 0 aliphatic heterocycles. The maximum absolute atomic E-state index is 2.36. The van der Waals surface area contributed by atoms with E-state index in [1.165, 1.54) is 24.0 Å². The van der Waals surface area contributed by atoms with Crippen LogP contribution in [0.15, 0.2) is 48.5 Å². The zero-order chi connectivity index (χ0) is 14.1. The molecule has 0 N–H and O–H groups in total. The predicted octanol–water partition coefficient (Wildman–Crippen LogP) is 5.84. The molecule has 0 amide bonds. The first kappa shape index (κ1) is 13.4. The number of hydrogen-bond donors (Lipinski definition) is 0. The van der Waals surface area contributed by atoms with Gasteiger partial charge in [0.1, 0.15) is 0 Å². The molecular weight excluding hydrogens is 240 g/mol. The molecule has 104 valence electrons. The maximum atomic E-state index is 2.36. The molecule has 1 aliphatic carbocycles. The van der Waals surface area contributed by atoms with E-state index < -0.39 is 0 Å². The average Bonchev–Trinajstić information content (AvgIpc) is 2.48. The molecule has 2 aromatic rings. The van der Waals surface area contributed by atoms with Gasteiger partial charge in [-0.1, -0.05) is 69.3 Å². The van der Waals surface area contributed by atoms with Crippen LogP contribution >= 0.6 is 0 Å². The minimum absolute atomic E-state index is 0.587. The molecule has 0 nitrogen and oxygen atoms in total. The zero-order valence-electron chi connectivity index (χ0n) is 12.8. The van der Waals surface area contributed by atoms with Gasteiger partial charge in [-0.15, -0.1) is 0 Å². The van der Waals surface area contributed by atoms with E-state index in [1.54, 1.807) is 11.1 Å². The van der Waals surface area contributed by atoms with Crippen LogP contribution in [0.1, 0.15) is 73.6 Å². The minimum atomic E-state index is 0.587. The normalized spacial score (nSPS) is 21.8. The van der Waals surface area contributed by atoms with Crippen molar-refractivity contribution >= 4 is 0 Å². The van der Waals surface area contributed by atoms with Gasteiger partial charge in [0.05, 0.1) is 0 Å². The van der Waals surface area contributed by atoms with Gasteiger partial charge in [-0.05, 0) is 46.9 Å². The van der Waals surface area contributed by atoms with Gasteiger partial charge >= 0.3 is 0 Å². The summed E-state index contributed by atoms with van der Waals surface area (Å²) in [6, 6.07) is 18.3. The summed E-state index contributed by atoms with van der Waals surface area (Å²) in [5.41, 5.74) is 6.01. The third kappa shape index (κ3) is 2.40. The van der Waals surface area contributed by atoms with Crippen LogP contribution in [-0.2, 0) is 0 Å². The molecule has 0 saturated heterocycles. The molecule has 2 unspecified atom stereocenters. The lowest BCUT2D eigenvalue weighted by molar-refractivity contribution is 0.545. The van der Waals surface area contributed by atoms with Crippen LogP contribution in [-0.4, -0.2) is 0 Å². The Balaban J connectivity index is 1.97. The van der Waals surface area contributed by atoms with Crippen LogP contribution in [0.5, 0.6) is 0 Å². The second kappa shape index (κ2) is 5.44. The fourth-order valence-corrected chi connectivity index (χ4v) is 3.46. The van der Waals surface area contributed by atoms with Gasteiger partial charge in [-0.25, -0.2) is 0 Å². The quantitative estimate of drug-likeness (QED) is 0.639. The van der Waals surface area contributed by atoms with Gasteiger partial charge in [0.2, 0.25) is 0 Å². The van der Waals surface area contributed by atoms with Crippen LogP contribution < -0.4 is 0 Å². The molecule has 0 radical (unpaired) electrons. The highest BCUT2D eigenvalue weighted by Gasteiger charge is 2.25. The summed E-state index contributed by atoms with van der Waals surface area (Å²) in [5, 5.41) is 0. The molecule has 0 spiro atoms. The molecule has 2 atom stereocenters. The molecule has 0 bridgehead atoms. The zero-order valence-corrected chi connectivity index (χ0v) is 12.8. The average molecular weight is 264 g/mol. The number of rotatable bonds is 2. The first-order valence-electron chi connectivity index (χ1n) is 7.85. The van der Waals surface area contributed by atoms with E-state index in [2.05, 4.69) is 69.3 Å². The van der Waals surface area contributed by atoms with Crippen molar-refractivity contribution in [3.8, 4) is 0 Å². The van der Waals surface area contributed by atoms with Crippen molar-refractivity contribution in [2.45, 2.75) is 51.4 Å². The van der Waals surface area contributed by atoms with E-state index >= 15 is 0 Å². The van der Waals surface area contributed by atoms with Crippen LogP contribution in [0.2, 0.25) is 0 Å². The van der Waals surface area contributed by atoms with Gasteiger partial charge in [0.25, 0.3) is 0 Å². The van der Waals surface area contributed by atoms with Gasteiger partial charge in [-0.3, -0.25) is 0 Å². The van der Waals surface area contributed by atoms with E-state index in [9.17, 15) is 0 Å². The van der Waals surface area contributed by atoms with Crippen molar-refractivity contribution in [3.63, 3.8) is 0 Å². The Hall–Kier alpha value is -1.56. The molecule has 0 saturated carbocycles. The summed E-state index contributed by atoms with van der Waals surface area (Å²) in [6.07, 6.45) is 2.58. The Morgan fingerprint density at radius 1 is 0.850 bits per heavy atom. The van der Waals surface area contributed by atoms with Crippen molar-refractivity contribution in [2.24, 2.45) is 0 Å². The largest absolute Gasteiger partial charge is 0.0620 e. The van der Waals surface area contributed by atoms with Crippen LogP contribution in [0.25, 0.3) is 0 Å². The van der Waals surface area contributed by atoms with Crippen molar-refractivity contribution < 1.29 is 0 Å². The highest BCUT2D eigenvalue weighted by Crippen LogP contribution is 2.41. The van der Waals surface area contributed by atoms with Crippen LogP contribution in [0, 0.1) is 0 Å². The first-order valence-corrected chi connectivity index (χ1v) is 7.85. The number of benzene rings is 2. The van der Waals surface area contributed by atoms with E-state index in [-0.39, 0.29) is 0 Å². The molecule has 0 heteroatoms. The van der Waals surface area contributed by atoms with E-state index in [4.69, 9.17) is 0 Å². The molecule has 2 aromatic carbocycles. The van der Waals surface area contributed by atoms with Crippen molar-refractivity contribution in [1.82, 2.24) is 0 Å². The summed E-state index contributed by atoms with van der Waals surface area (Å²) in [6.45, 7) is 6.87. The topological polar surface area (TPSA) is 0 Å². The fourth-order valence-electron chi connectivity index (χ4n) is 3.46. The molecule has 3 rings (SSSR count). The first-order chi connectivity index (χ1) is 9.66. The summed E-state index contributed by atoms with van der Waals surface area (Å²) in [7, 11) is 0. The van der Waals surface area contributed by atoms with E-state index in [0.717, 1.165) is 0 Å². The lowest BCUT2D eigenvalue weighted by Crippen LogP contribution is -2.13. The Bertz CT molecular complexity index is 577. The number of hydrogen-bond acceptors (Lipinski definition) is 0. The monoisotopic (exact) mass is 264 g/mol. The SMILES string of the molecule is CC(C)c1ccc(C2CCC(C)c3ccccc32)cc1. The highest BCUT2D eigenvalue weighted by molar-refractivity contribution is 5.42. The molecule has 0 heterocycles. The fraction of sp³-hybridized carbons (Fsp3) is 0.400.